The Hall–Kier alpha value is -1.58. The van der Waals surface area contributed by atoms with Gasteiger partial charge in [-0.15, -0.1) is 0 Å². The quantitative estimate of drug-likeness (QED) is 0.863. The van der Waals surface area contributed by atoms with E-state index < -0.39 is 5.41 Å². The molecule has 100 valence electrons. The smallest absolute Gasteiger partial charge is 0.271 e. The largest absolute Gasteiger partial charge is 0.324 e. The number of pyridine rings is 1. The summed E-state index contributed by atoms with van der Waals surface area (Å²) in [6.45, 7) is 7.54. The molecular formula is C14H22N2O2. The van der Waals surface area contributed by atoms with Gasteiger partial charge in [-0.2, -0.15) is 0 Å². The molecule has 4 nitrogen and oxygen atoms in total. The van der Waals surface area contributed by atoms with Crippen LogP contribution in [-0.4, -0.2) is 10.9 Å². The van der Waals surface area contributed by atoms with Gasteiger partial charge in [-0.25, -0.2) is 0 Å². The van der Waals surface area contributed by atoms with E-state index >= 15 is 0 Å². The lowest BCUT2D eigenvalue weighted by Crippen LogP contribution is -2.30. The Morgan fingerprint density at radius 3 is 2.50 bits per heavy atom. The SMILES string of the molecule is CCCCc1ccc(NC(=O)C(C)(C)C)c(=O)[nH]1. The van der Waals surface area contributed by atoms with Gasteiger partial charge in [0, 0.05) is 11.1 Å². The highest BCUT2D eigenvalue weighted by Crippen LogP contribution is 2.15. The average Bonchev–Trinajstić information content (AvgIpc) is 2.28. The fourth-order valence-corrected chi connectivity index (χ4v) is 1.44. The first-order chi connectivity index (χ1) is 8.34. The van der Waals surface area contributed by atoms with Crippen LogP contribution < -0.4 is 10.9 Å². The Bertz CT molecular complexity index is 469. The Morgan fingerprint density at radius 1 is 1.33 bits per heavy atom. The van der Waals surface area contributed by atoms with Gasteiger partial charge in [0.15, 0.2) is 0 Å². The Kier molecular flexibility index (Phi) is 4.70. The lowest BCUT2D eigenvalue weighted by Gasteiger charge is -2.17. The number of aromatic amines is 1. The molecule has 0 aliphatic carbocycles. The highest BCUT2D eigenvalue weighted by molar-refractivity contribution is 5.94. The van der Waals surface area contributed by atoms with E-state index in [9.17, 15) is 9.59 Å². The highest BCUT2D eigenvalue weighted by atomic mass is 16.2. The van der Waals surface area contributed by atoms with Crippen LogP contribution in [0.5, 0.6) is 0 Å². The summed E-state index contributed by atoms with van der Waals surface area (Å²) in [5.41, 5.74) is 0.486. The number of carbonyl (C=O) groups is 1. The maximum atomic E-state index is 11.8. The molecule has 1 amide bonds. The van der Waals surface area contributed by atoms with Crippen molar-refractivity contribution in [3.63, 3.8) is 0 Å². The molecule has 0 bridgehead atoms. The molecule has 0 saturated carbocycles. The first-order valence-corrected chi connectivity index (χ1v) is 6.38. The summed E-state index contributed by atoms with van der Waals surface area (Å²) in [7, 11) is 0. The number of aryl methyl sites for hydroxylation is 1. The van der Waals surface area contributed by atoms with Crippen LogP contribution in [0.25, 0.3) is 0 Å². The third-order valence-corrected chi connectivity index (χ3v) is 2.70. The zero-order chi connectivity index (χ0) is 13.8. The number of rotatable bonds is 4. The Labute approximate surface area is 108 Å². The van der Waals surface area contributed by atoms with Gasteiger partial charge in [0.25, 0.3) is 5.56 Å². The van der Waals surface area contributed by atoms with E-state index in [-0.39, 0.29) is 11.5 Å². The van der Waals surface area contributed by atoms with Crippen molar-refractivity contribution < 1.29 is 4.79 Å². The second-order valence-electron chi connectivity index (χ2n) is 5.53. The van der Waals surface area contributed by atoms with Crippen molar-refractivity contribution in [3.05, 3.63) is 28.2 Å². The van der Waals surface area contributed by atoms with Gasteiger partial charge in [-0.1, -0.05) is 34.1 Å². The lowest BCUT2D eigenvalue weighted by atomic mass is 9.95. The van der Waals surface area contributed by atoms with Crippen molar-refractivity contribution in [1.29, 1.82) is 0 Å². The third-order valence-electron chi connectivity index (χ3n) is 2.70. The standard InChI is InChI=1S/C14H22N2O2/c1-5-6-7-10-8-9-11(12(17)15-10)16-13(18)14(2,3)4/h8-9H,5-7H2,1-4H3,(H,15,17)(H,16,18). The van der Waals surface area contributed by atoms with Crippen LogP contribution in [0.1, 0.15) is 46.2 Å². The van der Waals surface area contributed by atoms with Crippen molar-refractivity contribution in [2.75, 3.05) is 5.32 Å². The number of amides is 1. The zero-order valence-corrected chi connectivity index (χ0v) is 11.6. The van der Waals surface area contributed by atoms with Gasteiger partial charge in [-0.05, 0) is 25.0 Å². The van der Waals surface area contributed by atoms with Gasteiger partial charge in [0.05, 0.1) is 0 Å². The minimum Gasteiger partial charge on any atom is -0.324 e. The molecule has 1 heterocycles. The maximum absolute atomic E-state index is 11.8. The number of anilines is 1. The number of hydrogen-bond acceptors (Lipinski definition) is 2. The summed E-state index contributed by atoms with van der Waals surface area (Å²) in [4.78, 5) is 26.4. The summed E-state index contributed by atoms with van der Waals surface area (Å²) < 4.78 is 0. The van der Waals surface area contributed by atoms with E-state index in [4.69, 9.17) is 0 Å². The summed E-state index contributed by atoms with van der Waals surface area (Å²) in [6, 6.07) is 3.53. The minimum absolute atomic E-state index is 0.158. The molecule has 0 radical (unpaired) electrons. The van der Waals surface area contributed by atoms with E-state index in [2.05, 4.69) is 17.2 Å². The molecular weight excluding hydrogens is 228 g/mol. The molecule has 0 saturated heterocycles. The van der Waals surface area contributed by atoms with Crippen LogP contribution in [0.3, 0.4) is 0 Å². The normalized spacial score (nSPS) is 11.3. The van der Waals surface area contributed by atoms with Crippen LogP contribution >= 0.6 is 0 Å². The van der Waals surface area contributed by atoms with Crippen molar-refractivity contribution in [2.24, 2.45) is 5.41 Å². The second kappa shape index (κ2) is 5.85. The Balaban J connectivity index is 2.80. The topological polar surface area (TPSA) is 62.0 Å². The van der Waals surface area contributed by atoms with E-state index in [0.717, 1.165) is 25.0 Å². The molecule has 0 unspecified atom stereocenters. The first-order valence-electron chi connectivity index (χ1n) is 6.38. The first kappa shape index (κ1) is 14.5. The summed E-state index contributed by atoms with van der Waals surface area (Å²) >= 11 is 0. The van der Waals surface area contributed by atoms with Crippen LogP contribution in [-0.2, 0) is 11.2 Å². The molecule has 1 aromatic rings. The number of nitrogens with one attached hydrogen (secondary N) is 2. The van der Waals surface area contributed by atoms with Crippen molar-refractivity contribution in [2.45, 2.75) is 47.0 Å². The zero-order valence-electron chi connectivity index (χ0n) is 11.6. The maximum Gasteiger partial charge on any atom is 0.271 e. The molecule has 0 aromatic carbocycles. The predicted octanol–water partition coefficient (Wildman–Crippen LogP) is 2.70. The van der Waals surface area contributed by atoms with Crippen LogP contribution in [0.15, 0.2) is 16.9 Å². The number of aromatic nitrogens is 1. The van der Waals surface area contributed by atoms with Crippen LogP contribution in [0.4, 0.5) is 5.69 Å². The molecule has 1 aromatic heterocycles. The van der Waals surface area contributed by atoms with Gasteiger partial charge in [0.1, 0.15) is 5.69 Å². The summed E-state index contributed by atoms with van der Waals surface area (Å²) in [5, 5.41) is 2.65. The van der Waals surface area contributed by atoms with Crippen LogP contribution in [0.2, 0.25) is 0 Å². The number of H-pyrrole nitrogens is 1. The molecule has 0 spiro atoms. The lowest BCUT2D eigenvalue weighted by molar-refractivity contribution is -0.123. The predicted molar refractivity (Wildman–Crippen MR) is 73.8 cm³/mol. The average molecular weight is 250 g/mol. The van der Waals surface area contributed by atoms with E-state index in [1.165, 1.54) is 0 Å². The third kappa shape index (κ3) is 4.02. The fraction of sp³-hybridized carbons (Fsp3) is 0.571. The number of hydrogen-bond donors (Lipinski definition) is 2. The van der Waals surface area contributed by atoms with Crippen molar-refractivity contribution in [3.8, 4) is 0 Å². The minimum atomic E-state index is -0.507. The molecule has 0 aliphatic heterocycles. The van der Waals surface area contributed by atoms with Crippen molar-refractivity contribution >= 4 is 11.6 Å². The van der Waals surface area contributed by atoms with Gasteiger partial charge >= 0.3 is 0 Å². The second-order valence-corrected chi connectivity index (χ2v) is 5.53. The van der Waals surface area contributed by atoms with Crippen LogP contribution in [0, 0.1) is 5.41 Å². The monoisotopic (exact) mass is 250 g/mol. The molecule has 2 N–H and O–H groups in total. The van der Waals surface area contributed by atoms with Gasteiger partial charge in [-0.3, -0.25) is 9.59 Å². The fourth-order valence-electron chi connectivity index (χ4n) is 1.44. The van der Waals surface area contributed by atoms with E-state index in [1.54, 1.807) is 6.07 Å². The van der Waals surface area contributed by atoms with Crippen molar-refractivity contribution in [1.82, 2.24) is 4.98 Å². The Morgan fingerprint density at radius 2 is 2.00 bits per heavy atom. The molecule has 4 heteroatoms. The molecule has 1 rings (SSSR count). The van der Waals surface area contributed by atoms with Gasteiger partial charge < -0.3 is 10.3 Å². The highest BCUT2D eigenvalue weighted by Gasteiger charge is 2.21. The molecule has 0 aliphatic rings. The molecule has 18 heavy (non-hydrogen) atoms. The van der Waals surface area contributed by atoms with Gasteiger partial charge in [0.2, 0.25) is 5.91 Å². The molecule has 0 fully saturated rings. The van der Waals surface area contributed by atoms with E-state index in [0.29, 0.717) is 5.69 Å². The summed E-state index contributed by atoms with van der Waals surface area (Å²) in [5.74, 6) is -0.158. The summed E-state index contributed by atoms with van der Waals surface area (Å²) in [6.07, 6.45) is 2.99. The molecule has 0 atom stereocenters. The van der Waals surface area contributed by atoms with E-state index in [1.807, 2.05) is 26.8 Å². The number of unbranched alkanes of at least 4 members (excludes halogenated alkanes) is 1. The number of carbonyl (C=O) groups excluding carboxylic acids is 1.